The van der Waals surface area contributed by atoms with Crippen molar-refractivity contribution in [2.45, 2.75) is 30.0 Å². The molecule has 1 fully saturated rings. The molecule has 0 atom stereocenters. The molecule has 1 aliphatic heterocycles. The molecule has 2 aromatic heterocycles. The van der Waals surface area contributed by atoms with Crippen molar-refractivity contribution in [2.24, 2.45) is 0 Å². The van der Waals surface area contributed by atoms with E-state index in [2.05, 4.69) is 20.4 Å². The van der Waals surface area contributed by atoms with Gasteiger partial charge < -0.3 is 14.1 Å². The third-order valence-electron chi connectivity index (χ3n) is 6.08. The van der Waals surface area contributed by atoms with Crippen LogP contribution in [0.5, 0.6) is 5.75 Å². The Morgan fingerprint density at radius 1 is 0.895 bits per heavy atom. The van der Waals surface area contributed by atoms with Crippen molar-refractivity contribution in [3.8, 4) is 28.8 Å². The molecule has 1 aliphatic rings. The van der Waals surface area contributed by atoms with Crippen LogP contribution in [0.3, 0.4) is 0 Å². The first-order valence-electron chi connectivity index (χ1n) is 11.6. The molecule has 3 heterocycles. The molecule has 0 spiro atoms. The second-order valence-corrected chi connectivity index (χ2v) is 10.8. The highest BCUT2D eigenvalue weighted by atomic mass is 32.2. The van der Waals surface area contributed by atoms with E-state index in [4.69, 9.17) is 9.15 Å². The fourth-order valence-electron chi connectivity index (χ4n) is 4.08. The van der Waals surface area contributed by atoms with Gasteiger partial charge in [0.1, 0.15) is 17.5 Å². The van der Waals surface area contributed by atoms with E-state index in [0.717, 1.165) is 12.3 Å². The lowest BCUT2D eigenvalue weighted by Crippen LogP contribution is -2.39. The Balaban J connectivity index is 1.21. The minimum absolute atomic E-state index is 0.154. The lowest BCUT2D eigenvalue weighted by molar-refractivity contribution is -0.139. The Hall–Kier alpha value is -4.00. The molecule has 0 saturated carbocycles. The number of sulfone groups is 1. The molecule has 2 aromatic carbocycles. The lowest BCUT2D eigenvalue weighted by Gasteiger charge is -2.33. The number of hydrogen-bond donors (Lipinski definition) is 0. The molecule has 0 N–H and O–H groups in total. The SMILES string of the molecule is CS(=O)(=O)c1ccc(-c2nnc(-c3ccc(N4CCC(Oc5ccccc5C(F)(F)F)CC4)nn3)o2)cc1. The first-order valence-corrected chi connectivity index (χ1v) is 13.5. The van der Waals surface area contributed by atoms with E-state index in [0.29, 0.717) is 43.0 Å². The Morgan fingerprint density at radius 3 is 2.21 bits per heavy atom. The lowest BCUT2D eigenvalue weighted by atomic mass is 10.1. The molecule has 0 radical (unpaired) electrons. The molecule has 0 bridgehead atoms. The predicted molar refractivity (Wildman–Crippen MR) is 131 cm³/mol. The van der Waals surface area contributed by atoms with Crippen molar-refractivity contribution in [3.63, 3.8) is 0 Å². The zero-order valence-corrected chi connectivity index (χ0v) is 20.9. The molecule has 4 aromatic rings. The molecule has 0 aliphatic carbocycles. The summed E-state index contributed by atoms with van der Waals surface area (Å²) in [5.41, 5.74) is 0.143. The smallest absolute Gasteiger partial charge is 0.419 e. The van der Waals surface area contributed by atoms with Gasteiger partial charge in [-0.3, -0.25) is 0 Å². The van der Waals surface area contributed by atoms with Crippen LogP contribution in [-0.4, -0.2) is 54.3 Å². The number of para-hydroxylation sites is 1. The highest BCUT2D eigenvalue weighted by molar-refractivity contribution is 7.90. The van der Waals surface area contributed by atoms with Crippen LogP contribution in [0.15, 0.2) is 70.0 Å². The maximum Gasteiger partial charge on any atom is 0.419 e. The van der Waals surface area contributed by atoms with Crippen molar-refractivity contribution in [2.75, 3.05) is 24.2 Å². The van der Waals surface area contributed by atoms with E-state index < -0.39 is 21.6 Å². The molecule has 5 rings (SSSR count). The largest absolute Gasteiger partial charge is 0.490 e. The van der Waals surface area contributed by atoms with E-state index in [-0.39, 0.29) is 28.5 Å². The molecular formula is C25H22F3N5O4S. The van der Waals surface area contributed by atoms with Crippen LogP contribution in [0.2, 0.25) is 0 Å². The normalized spacial score (nSPS) is 15.0. The second-order valence-electron chi connectivity index (χ2n) is 8.78. The fraction of sp³-hybridized carbons (Fsp3) is 0.280. The molecule has 38 heavy (non-hydrogen) atoms. The quantitative estimate of drug-likeness (QED) is 0.341. The van der Waals surface area contributed by atoms with Gasteiger partial charge in [0.05, 0.1) is 10.5 Å². The highest BCUT2D eigenvalue weighted by Gasteiger charge is 2.35. The molecule has 0 unspecified atom stereocenters. The number of ether oxygens (including phenoxy) is 1. The third kappa shape index (κ3) is 5.62. The van der Waals surface area contributed by atoms with Crippen molar-refractivity contribution in [1.29, 1.82) is 0 Å². The topological polar surface area (TPSA) is 111 Å². The molecule has 0 amide bonds. The molecule has 9 nitrogen and oxygen atoms in total. The second kappa shape index (κ2) is 10.0. The fourth-order valence-corrected chi connectivity index (χ4v) is 4.71. The predicted octanol–water partition coefficient (Wildman–Crippen LogP) is 4.66. The summed E-state index contributed by atoms with van der Waals surface area (Å²) in [6.07, 6.45) is -2.63. The Kier molecular flexibility index (Phi) is 6.78. The number of alkyl halides is 3. The number of benzene rings is 2. The van der Waals surface area contributed by atoms with Crippen LogP contribution >= 0.6 is 0 Å². The molecule has 1 saturated heterocycles. The summed E-state index contributed by atoms with van der Waals surface area (Å²) in [6, 6.07) is 14.8. The van der Waals surface area contributed by atoms with Crippen molar-refractivity contribution in [3.05, 3.63) is 66.2 Å². The van der Waals surface area contributed by atoms with Crippen LogP contribution in [0.4, 0.5) is 19.0 Å². The van der Waals surface area contributed by atoms with Gasteiger partial charge in [-0.2, -0.15) is 13.2 Å². The van der Waals surface area contributed by atoms with Crippen LogP contribution in [0, 0.1) is 0 Å². The van der Waals surface area contributed by atoms with Gasteiger partial charge in [-0.05, 0) is 48.5 Å². The molecule has 13 heteroatoms. The molecule has 198 valence electrons. The van der Waals surface area contributed by atoms with Crippen molar-refractivity contribution < 1.29 is 30.7 Å². The van der Waals surface area contributed by atoms with Crippen molar-refractivity contribution >= 4 is 15.7 Å². The summed E-state index contributed by atoms with van der Waals surface area (Å²) < 4.78 is 74.4. The van der Waals surface area contributed by atoms with E-state index in [1.54, 1.807) is 24.3 Å². The van der Waals surface area contributed by atoms with Gasteiger partial charge in [0, 0.05) is 37.8 Å². The average molecular weight is 546 g/mol. The molecular weight excluding hydrogens is 523 g/mol. The zero-order valence-electron chi connectivity index (χ0n) is 20.1. The maximum absolute atomic E-state index is 13.2. The summed E-state index contributed by atoms with van der Waals surface area (Å²) in [5, 5.41) is 16.4. The maximum atomic E-state index is 13.2. The number of anilines is 1. The van der Waals surface area contributed by atoms with Gasteiger partial charge in [-0.1, -0.05) is 12.1 Å². The first kappa shape index (κ1) is 25.6. The Bertz CT molecular complexity index is 1520. The van der Waals surface area contributed by atoms with Gasteiger partial charge >= 0.3 is 6.18 Å². The van der Waals surface area contributed by atoms with Crippen molar-refractivity contribution in [1.82, 2.24) is 20.4 Å². The van der Waals surface area contributed by atoms with E-state index in [9.17, 15) is 21.6 Å². The number of aromatic nitrogens is 4. The van der Waals surface area contributed by atoms with E-state index in [1.165, 1.54) is 30.3 Å². The average Bonchev–Trinajstić information content (AvgIpc) is 3.39. The van der Waals surface area contributed by atoms with Gasteiger partial charge in [-0.25, -0.2) is 8.42 Å². The first-order chi connectivity index (χ1) is 18.1. The van der Waals surface area contributed by atoms with Crippen LogP contribution < -0.4 is 9.64 Å². The van der Waals surface area contributed by atoms with Gasteiger partial charge in [0.15, 0.2) is 15.7 Å². The highest BCUT2D eigenvalue weighted by Crippen LogP contribution is 2.37. The number of halogens is 3. The summed E-state index contributed by atoms with van der Waals surface area (Å²) in [7, 11) is -3.31. The van der Waals surface area contributed by atoms with E-state index in [1.807, 2.05) is 4.90 Å². The van der Waals surface area contributed by atoms with Crippen LogP contribution in [-0.2, 0) is 16.0 Å². The Morgan fingerprint density at radius 2 is 1.58 bits per heavy atom. The zero-order chi connectivity index (χ0) is 26.9. The number of piperidine rings is 1. The summed E-state index contributed by atoms with van der Waals surface area (Å²) in [6.45, 7) is 1.09. The van der Waals surface area contributed by atoms with Gasteiger partial charge in [0.2, 0.25) is 5.89 Å². The standard InChI is InChI=1S/C25H22F3N5O4S/c1-38(34,35)18-8-6-16(7-9-18)23-31-32-24(37-23)20-10-11-22(30-29-20)33-14-12-17(13-15-33)36-21-5-3-2-4-19(21)25(26,27)28/h2-11,17H,12-15H2,1H3. The minimum atomic E-state index is -4.48. The minimum Gasteiger partial charge on any atom is -0.490 e. The monoisotopic (exact) mass is 545 g/mol. The number of hydrogen-bond acceptors (Lipinski definition) is 9. The summed E-state index contributed by atoms with van der Waals surface area (Å²) >= 11 is 0. The number of rotatable bonds is 6. The van der Waals surface area contributed by atoms with Crippen LogP contribution in [0.1, 0.15) is 18.4 Å². The van der Waals surface area contributed by atoms with Gasteiger partial charge in [-0.15, -0.1) is 20.4 Å². The van der Waals surface area contributed by atoms with E-state index >= 15 is 0 Å². The Labute approximate surface area is 216 Å². The van der Waals surface area contributed by atoms with Gasteiger partial charge in [0.25, 0.3) is 5.89 Å². The van der Waals surface area contributed by atoms with Crippen LogP contribution in [0.25, 0.3) is 23.0 Å². The summed E-state index contributed by atoms with van der Waals surface area (Å²) in [4.78, 5) is 2.17. The number of nitrogens with zero attached hydrogens (tertiary/aromatic N) is 5. The third-order valence-corrected chi connectivity index (χ3v) is 7.20. The summed E-state index contributed by atoms with van der Waals surface area (Å²) in [5.74, 6) is 0.814.